The van der Waals surface area contributed by atoms with E-state index in [-0.39, 0.29) is 5.69 Å². The molecule has 2 rings (SSSR count). The summed E-state index contributed by atoms with van der Waals surface area (Å²) in [6.45, 7) is 0. The average Bonchev–Trinajstić information content (AvgIpc) is 2.78. The third kappa shape index (κ3) is 1.87. The van der Waals surface area contributed by atoms with Gasteiger partial charge in [-0.1, -0.05) is 18.2 Å². The number of hydrogen-bond acceptors (Lipinski definition) is 4. The number of nitrogens with zero attached hydrogens (tertiary/aromatic N) is 2. The Labute approximate surface area is 86.0 Å². The van der Waals surface area contributed by atoms with E-state index in [0.717, 1.165) is 5.69 Å². The summed E-state index contributed by atoms with van der Waals surface area (Å²) in [5, 5.41) is 4.01. The minimum absolute atomic E-state index is 0.182. The summed E-state index contributed by atoms with van der Waals surface area (Å²) in [7, 11) is 0. The third-order valence-corrected chi connectivity index (χ3v) is 1.93. The van der Waals surface area contributed by atoms with Crippen molar-refractivity contribution < 1.29 is 9.63 Å². The van der Waals surface area contributed by atoms with Crippen molar-refractivity contribution in [3.05, 3.63) is 48.3 Å². The maximum atomic E-state index is 11.0. The molecule has 2 aromatic rings. The molecule has 0 aliphatic carbocycles. The van der Waals surface area contributed by atoms with Gasteiger partial charge in [0.15, 0.2) is 5.69 Å². The van der Waals surface area contributed by atoms with E-state index in [9.17, 15) is 4.79 Å². The Morgan fingerprint density at radius 2 is 2.00 bits per heavy atom. The van der Waals surface area contributed by atoms with Gasteiger partial charge in [0.1, 0.15) is 0 Å². The van der Waals surface area contributed by atoms with E-state index in [1.54, 1.807) is 16.9 Å². The van der Waals surface area contributed by atoms with E-state index < -0.39 is 5.97 Å². The highest BCUT2D eigenvalue weighted by Gasteiger charge is 2.09. The van der Waals surface area contributed by atoms with Gasteiger partial charge in [0.05, 0.1) is 5.69 Å². The van der Waals surface area contributed by atoms with Gasteiger partial charge in [-0.3, -0.25) is 0 Å². The molecule has 0 atom stereocenters. The van der Waals surface area contributed by atoms with Crippen LogP contribution in [-0.4, -0.2) is 15.7 Å². The van der Waals surface area contributed by atoms with Crippen LogP contribution in [0.4, 0.5) is 0 Å². The number of carbonyl (C=O) groups excluding carboxylic acids is 1. The molecule has 5 nitrogen and oxygen atoms in total. The van der Waals surface area contributed by atoms with Crippen LogP contribution in [-0.2, 0) is 4.84 Å². The van der Waals surface area contributed by atoms with Crippen molar-refractivity contribution in [1.29, 1.82) is 0 Å². The fourth-order valence-corrected chi connectivity index (χ4v) is 1.22. The molecular weight excluding hydrogens is 194 g/mol. The van der Waals surface area contributed by atoms with E-state index in [4.69, 9.17) is 5.90 Å². The molecule has 1 aromatic heterocycles. The monoisotopic (exact) mass is 203 g/mol. The lowest BCUT2D eigenvalue weighted by atomic mass is 10.3. The van der Waals surface area contributed by atoms with E-state index in [0.29, 0.717) is 0 Å². The lowest BCUT2D eigenvalue weighted by Crippen LogP contribution is -2.11. The summed E-state index contributed by atoms with van der Waals surface area (Å²) in [5.74, 6) is 4.10. The highest BCUT2D eigenvalue weighted by atomic mass is 16.7. The van der Waals surface area contributed by atoms with Crippen LogP contribution in [0.25, 0.3) is 5.69 Å². The van der Waals surface area contributed by atoms with Crippen LogP contribution < -0.4 is 5.90 Å². The first-order valence-electron chi connectivity index (χ1n) is 4.33. The molecule has 76 valence electrons. The number of rotatable bonds is 2. The molecule has 1 aromatic carbocycles. The maximum Gasteiger partial charge on any atom is 0.377 e. The molecule has 1 heterocycles. The first kappa shape index (κ1) is 9.42. The summed E-state index contributed by atoms with van der Waals surface area (Å²) >= 11 is 0. The van der Waals surface area contributed by atoms with Crippen molar-refractivity contribution in [2.75, 3.05) is 0 Å². The van der Waals surface area contributed by atoms with Gasteiger partial charge in [-0.2, -0.15) is 11.0 Å². The van der Waals surface area contributed by atoms with Crippen LogP contribution in [0, 0.1) is 0 Å². The topological polar surface area (TPSA) is 70.1 Å². The highest BCUT2D eigenvalue weighted by molar-refractivity contribution is 5.86. The predicted octanol–water partition coefficient (Wildman–Crippen LogP) is 0.903. The van der Waals surface area contributed by atoms with Gasteiger partial charge in [-0.25, -0.2) is 9.48 Å². The number of carbonyl (C=O) groups is 1. The molecule has 0 fully saturated rings. The van der Waals surface area contributed by atoms with Crippen LogP contribution >= 0.6 is 0 Å². The Balaban J connectivity index is 2.32. The van der Waals surface area contributed by atoms with E-state index in [1.807, 2.05) is 30.3 Å². The molecule has 0 amide bonds. The van der Waals surface area contributed by atoms with Gasteiger partial charge in [0.2, 0.25) is 0 Å². The standard InChI is InChI=1S/C10H9N3O2/c11-15-10(14)9-6-7-13(12-9)8-4-2-1-3-5-8/h1-7H,11H2. The molecule has 2 N–H and O–H groups in total. The number of aromatic nitrogens is 2. The first-order chi connectivity index (χ1) is 7.31. The molecular formula is C10H9N3O2. The van der Waals surface area contributed by atoms with E-state index >= 15 is 0 Å². The maximum absolute atomic E-state index is 11.0. The summed E-state index contributed by atoms with van der Waals surface area (Å²) < 4.78 is 1.58. The Kier molecular flexibility index (Phi) is 2.47. The van der Waals surface area contributed by atoms with Crippen molar-refractivity contribution in [3.63, 3.8) is 0 Å². The predicted molar refractivity (Wildman–Crippen MR) is 53.2 cm³/mol. The Morgan fingerprint density at radius 1 is 1.27 bits per heavy atom. The van der Waals surface area contributed by atoms with Crippen molar-refractivity contribution in [1.82, 2.24) is 9.78 Å². The van der Waals surface area contributed by atoms with E-state index in [1.165, 1.54) is 0 Å². The quantitative estimate of drug-likeness (QED) is 0.736. The zero-order valence-electron chi connectivity index (χ0n) is 7.83. The lowest BCUT2D eigenvalue weighted by Gasteiger charge is -1.99. The zero-order valence-corrected chi connectivity index (χ0v) is 7.83. The molecule has 0 spiro atoms. The SMILES string of the molecule is NOC(=O)c1ccn(-c2ccccc2)n1. The molecule has 15 heavy (non-hydrogen) atoms. The van der Waals surface area contributed by atoms with Gasteiger partial charge in [0.25, 0.3) is 0 Å². The Hall–Kier alpha value is -2.14. The van der Waals surface area contributed by atoms with Crippen molar-refractivity contribution in [2.45, 2.75) is 0 Å². The zero-order chi connectivity index (χ0) is 10.7. The van der Waals surface area contributed by atoms with E-state index in [2.05, 4.69) is 9.94 Å². The molecule has 0 aliphatic heterocycles. The molecule has 0 bridgehead atoms. The summed E-state index contributed by atoms with van der Waals surface area (Å²) in [5.41, 5.74) is 1.05. The summed E-state index contributed by atoms with van der Waals surface area (Å²) in [4.78, 5) is 15.1. The minimum Gasteiger partial charge on any atom is -0.368 e. The second-order valence-corrected chi connectivity index (χ2v) is 2.89. The Bertz CT molecular complexity index is 465. The van der Waals surface area contributed by atoms with Crippen LogP contribution in [0.5, 0.6) is 0 Å². The van der Waals surface area contributed by atoms with Crippen LogP contribution in [0.1, 0.15) is 10.5 Å². The van der Waals surface area contributed by atoms with Gasteiger partial charge >= 0.3 is 5.97 Å². The van der Waals surface area contributed by atoms with Crippen LogP contribution in [0.3, 0.4) is 0 Å². The third-order valence-electron chi connectivity index (χ3n) is 1.93. The summed E-state index contributed by atoms with van der Waals surface area (Å²) in [6, 6.07) is 11.0. The minimum atomic E-state index is -0.648. The molecule has 5 heteroatoms. The fraction of sp³-hybridized carbons (Fsp3) is 0. The number of nitrogens with two attached hydrogens (primary N) is 1. The lowest BCUT2D eigenvalue weighted by molar-refractivity contribution is 0.0496. The van der Waals surface area contributed by atoms with Gasteiger partial charge in [0, 0.05) is 6.20 Å². The second kappa shape index (κ2) is 3.93. The molecule has 0 saturated heterocycles. The first-order valence-corrected chi connectivity index (χ1v) is 4.33. The Morgan fingerprint density at radius 3 is 2.67 bits per heavy atom. The van der Waals surface area contributed by atoms with Crippen molar-refractivity contribution in [2.24, 2.45) is 5.90 Å². The molecule has 0 radical (unpaired) electrons. The van der Waals surface area contributed by atoms with Gasteiger partial charge < -0.3 is 4.84 Å². The van der Waals surface area contributed by atoms with Crippen LogP contribution in [0.15, 0.2) is 42.6 Å². The van der Waals surface area contributed by atoms with Crippen molar-refractivity contribution >= 4 is 5.97 Å². The largest absolute Gasteiger partial charge is 0.377 e. The smallest absolute Gasteiger partial charge is 0.368 e. The molecule has 0 unspecified atom stereocenters. The average molecular weight is 203 g/mol. The number of hydrogen-bond donors (Lipinski definition) is 1. The van der Waals surface area contributed by atoms with Gasteiger partial charge in [-0.15, -0.1) is 0 Å². The normalized spacial score (nSPS) is 9.93. The second-order valence-electron chi connectivity index (χ2n) is 2.89. The fourth-order valence-electron chi connectivity index (χ4n) is 1.22. The summed E-state index contributed by atoms with van der Waals surface area (Å²) in [6.07, 6.45) is 1.67. The number of para-hydroxylation sites is 1. The number of benzene rings is 1. The van der Waals surface area contributed by atoms with Crippen LogP contribution in [0.2, 0.25) is 0 Å². The molecule has 0 aliphatic rings. The highest BCUT2D eigenvalue weighted by Crippen LogP contribution is 2.06. The van der Waals surface area contributed by atoms with Crippen molar-refractivity contribution in [3.8, 4) is 5.69 Å². The van der Waals surface area contributed by atoms with Gasteiger partial charge in [-0.05, 0) is 18.2 Å². The molecule has 0 saturated carbocycles.